The van der Waals surface area contributed by atoms with Crippen LogP contribution in [-0.2, 0) is 18.4 Å². The molecule has 0 saturated carbocycles. The standard InChI is InChI=1S/C48H97N2O7P/c1-3-5-7-9-11-13-15-17-19-21-22-23-24-25-27-29-31-33-35-37-39-45(51)43-48(53)50-46(44-57-58(54,55)56-42-41-49)47(52)40-38-36-34-32-30-28-26-20-18-16-14-12-10-8-6-4-2/h38,40,45-47,51-52H,3-37,39,41-44,49H2,1-2H3,(H,50,53)(H,54,55)/b40-38+. The molecular formula is C48H97N2O7P. The van der Waals surface area contributed by atoms with Gasteiger partial charge in [0.25, 0.3) is 0 Å². The van der Waals surface area contributed by atoms with Crippen molar-refractivity contribution in [2.45, 2.75) is 270 Å². The van der Waals surface area contributed by atoms with Gasteiger partial charge in [0.1, 0.15) is 0 Å². The number of phosphoric ester groups is 1. The van der Waals surface area contributed by atoms with E-state index in [1.807, 2.05) is 6.08 Å². The highest BCUT2D eigenvalue weighted by Crippen LogP contribution is 2.43. The van der Waals surface area contributed by atoms with Crippen molar-refractivity contribution >= 4 is 13.7 Å². The van der Waals surface area contributed by atoms with Crippen molar-refractivity contribution in [2.24, 2.45) is 5.73 Å². The number of aliphatic hydroxyl groups excluding tert-OH is 2. The molecule has 1 amide bonds. The summed E-state index contributed by atoms with van der Waals surface area (Å²) in [6.45, 7) is 4.01. The van der Waals surface area contributed by atoms with Gasteiger partial charge in [-0.25, -0.2) is 4.57 Å². The summed E-state index contributed by atoms with van der Waals surface area (Å²) in [7, 11) is -4.40. The molecule has 0 aromatic carbocycles. The van der Waals surface area contributed by atoms with Crippen LogP contribution in [0.1, 0.15) is 251 Å². The summed E-state index contributed by atoms with van der Waals surface area (Å²) in [5, 5.41) is 24.1. The number of amides is 1. The van der Waals surface area contributed by atoms with Crippen molar-refractivity contribution in [1.82, 2.24) is 5.32 Å². The maximum Gasteiger partial charge on any atom is 0.472 e. The monoisotopic (exact) mass is 845 g/mol. The lowest BCUT2D eigenvalue weighted by atomic mass is 10.0. The van der Waals surface area contributed by atoms with Crippen LogP contribution in [0.25, 0.3) is 0 Å². The number of unbranched alkanes of at least 4 members (excludes halogenated alkanes) is 33. The molecule has 58 heavy (non-hydrogen) atoms. The van der Waals surface area contributed by atoms with Crippen molar-refractivity contribution in [3.63, 3.8) is 0 Å². The van der Waals surface area contributed by atoms with Crippen LogP contribution < -0.4 is 11.1 Å². The van der Waals surface area contributed by atoms with Crippen LogP contribution in [0.4, 0.5) is 0 Å². The van der Waals surface area contributed by atoms with Gasteiger partial charge in [-0.2, -0.15) is 0 Å². The van der Waals surface area contributed by atoms with Gasteiger partial charge in [-0.05, 0) is 19.3 Å². The molecule has 0 radical (unpaired) electrons. The zero-order valence-electron chi connectivity index (χ0n) is 38.2. The first-order valence-corrected chi connectivity index (χ1v) is 26.4. The molecule has 0 rings (SSSR count). The van der Waals surface area contributed by atoms with Crippen molar-refractivity contribution in [3.8, 4) is 0 Å². The van der Waals surface area contributed by atoms with Gasteiger partial charge in [-0.15, -0.1) is 0 Å². The van der Waals surface area contributed by atoms with Gasteiger partial charge >= 0.3 is 7.82 Å². The molecule has 0 spiro atoms. The summed E-state index contributed by atoms with van der Waals surface area (Å²) >= 11 is 0. The quantitative estimate of drug-likeness (QED) is 0.0231. The highest BCUT2D eigenvalue weighted by molar-refractivity contribution is 7.47. The zero-order valence-corrected chi connectivity index (χ0v) is 39.1. The summed E-state index contributed by atoms with van der Waals surface area (Å²) in [6.07, 6.45) is 47.3. The summed E-state index contributed by atoms with van der Waals surface area (Å²) in [5.74, 6) is -0.440. The minimum absolute atomic E-state index is 0.0517. The molecule has 0 aliphatic rings. The fourth-order valence-corrected chi connectivity index (χ4v) is 8.41. The Morgan fingerprint density at radius 3 is 1.33 bits per heavy atom. The Morgan fingerprint density at radius 2 is 0.948 bits per heavy atom. The van der Waals surface area contributed by atoms with E-state index in [1.165, 1.54) is 186 Å². The molecule has 0 heterocycles. The molecule has 0 fully saturated rings. The number of allylic oxidation sites excluding steroid dienone is 1. The smallest absolute Gasteiger partial charge is 0.393 e. The highest BCUT2D eigenvalue weighted by atomic mass is 31.2. The molecule has 6 N–H and O–H groups in total. The number of phosphoric acid groups is 1. The Balaban J connectivity index is 4.17. The predicted molar refractivity (Wildman–Crippen MR) is 246 cm³/mol. The average molecular weight is 845 g/mol. The Kier molecular flexibility index (Phi) is 43.7. The van der Waals surface area contributed by atoms with Crippen molar-refractivity contribution in [2.75, 3.05) is 19.8 Å². The van der Waals surface area contributed by atoms with Gasteiger partial charge in [0.05, 0.1) is 37.9 Å². The molecule has 346 valence electrons. The molecule has 0 aliphatic carbocycles. The molecule has 9 nitrogen and oxygen atoms in total. The SMILES string of the molecule is CCCCCCCCCCCCCCCC/C=C/C(O)C(COP(=O)(O)OCCN)NC(=O)CC(O)CCCCCCCCCCCCCCCCCCCCCC. The molecular weight excluding hydrogens is 748 g/mol. The number of nitrogens with two attached hydrogens (primary N) is 1. The van der Waals surface area contributed by atoms with Gasteiger partial charge < -0.3 is 26.2 Å². The van der Waals surface area contributed by atoms with Crippen molar-refractivity contribution in [3.05, 3.63) is 12.2 Å². The number of aliphatic hydroxyl groups is 2. The fraction of sp³-hybridized carbons (Fsp3) is 0.938. The number of carbonyl (C=O) groups is 1. The number of hydrogen-bond donors (Lipinski definition) is 5. The van der Waals surface area contributed by atoms with Gasteiger partial charge in [-0.1, -0.05) is 238 Å². The lowest BCUT2D eigenvalue weighted by Gasteiger charge is -2.24. The second-order valence-electron chi connectivity index (χ2n) is 17.2. The fourth-order valence-electron chi connectivity index (χ4n) is 7.65. The van der Waals surface area contributed by atoms with Crippen LogP contribution in [0.3, 0.4) is 0 Å². The second kappa shape index (κ2) is 44.3. The van der Waals surface area contributed by atoms with E-state index in [4.69, 9.17) is 14.8 Å². The Morgan fingerprint density at radius 1 is 0.586 bits per heavy atom. The van der Waals surface area contributed by atoms with Crippen molar-refractivity contribution < 1.29 is 33.5 Å². The minimum atomic E-state index is -4.40. The molecule has 0 saturated heterocycles. The van der Waals surface area contributed by atoms with Crippen LogP contribution in [-0.4, -0.2) is 59.0 Å². The molecule has 4 atom stereocenters. The number of hydrogen-bond acceptors (Lipinski definition) is 7. The number of nitrogens with one attached hydrogen (secondary N) is 1. The Labute approximate surface area is 358 Å². The zero-order chi connectivity index (χ0) is 42.6. The summed E-state index contributed by atoms with van der Waals surface area (Å²) in [5.41, 5.74) is 5.38. The maximum absolute atomic E-state index is 12.9. The Bertz CT molecular complexity index is 940. The van der Waals surface area contributed by atoms with Crippen LogP contribution >= 0.6 is 7.82 Å². The molecule has 0 aromatic heterocycles. The van der Waals surface area contributed by atoms with E-state index in [-0.39, 0.29) is 19.6 Å². The third kappa shape index (κ3) is 41.9. The lowest BCUT2D eigenvalue weighted by molar-refractivity contribution is -0.124. The first-order valence-electron chi connectivity index (χ1n) is 24.9. The second-order valence-corrected chi connectivity index (χ2v) is 18.7. The number of rotatable bonds is 47. The van der Waals surface area contributed by atoms with Gasteiger partial charge in [0.15, 0.2) is 0 Å². The minimum Gasteiger partial charge on any atom is -0.393 e. The largest absolute Gasteiger partial charge is 0.472 e. The van der Waals surface area contributed by atoms with E-state index in [0.29, 0.717) is 6.42 Å². The molecule has 0 aliphatic heterocycles. The lowest BCUT2D eigenvalue weighted by Crippen LogP contribution is -2.46. The molecule has 0 bridgehead atoms. The van der Waals surface area contributed by atoms with Crippen LogP contribution in [0, 0.1) is 0 Å². The summed E-state index contributed by atoms with van der Waals surface area (Å²) < 4.78 is 22.1. The summed E-state index contributed by atoms with van der Waals surface area (Å²) in [6, 6.07) is -0.978. The van der Waals surface area contributed by atoms with E-state index < -0.39 is 38.6 Å². The highest BCUT2D eigenvalue weighted by Gasteiger charge is 2.27. The molecule has 4 unspecified atom stereocenters. The van der Waals surface area contributed by atoms with E-state index in [2.05, 4.69) is 19.2 Å². The Hall–Kier alpha value is -0.800. The molecule has 0 aromatic rings. The van der Waals surface area contributed by atoms with E-state index in [9.17, 15) is 24.5 Å². The van der Waals surface area contributed by atoms with Crippen LogP contribution in [0.5, 0.6) is 0 Å². The first kappa shape index (κ1) is 57.2. The maximum atomic E-state index is 12.9. The molecule has 10 heteroatoms. The predicted octanol–water partition coefficient (Wildman–Crippen LogP) is 13.3. The van der Waals surface area contributed by atoms with Crippen LogP contribution in [0.2, 0.25) is 0 Å². The first-order chi connectivity index (χ1) is 28.3. The van der Waals surface area contributed by atoms with E-state index in [0.717, 1.165) is 38.5 Å². The number of carbonyl (C=O) groups excluding carboxylic acids is 1. The van der Waals surface area contributed by atoms with E-state index in [1.54, 1.807) is 6.08 Å². The van der Waals surface area contributed by atoms with Gasteiger partial charge in [-0.3, -0.25) is 13.8 Å². The van der Waals surface area contributed by atoms with Gasteiger partial charge in [0, 0.05) is 6.54 Å². The third-order valence-corrected chi connectivity index (χ3v) is 12.4. The van der Waals surface area contributed by atoms with E-state index >= 15 is 0 Å². The summed E-state index contributed by atoms with van der Waals surface area (Å²) in [4.78, 5) is 22.8. The van der Waals surface area contributed by atoms with Gasteiger partial charge in [0.2, 0.25) is 5.91 Å². The average Bonchev–Trinajstić information content (AvgIpc) is 3.20. The van der Waals surface area contributed by atoms with Crippen molar-refractivity contribution in [1.29, 1.82) is 0 Å². The third-order valence-electron chi connectivity index (χ3n) is 11.4. The van der Waals surface area contributed by atoms with Crippen LogP contribution in [0.15, 0.2) is 12.2 Å². The normalized spacial score (nSPS) is 14.5. The topological polar surface area (TPSA) is 151 Å².